The number of fused-ring (bicyclic) bond motifs is 4. The minimum atomic E-state index is -0.878. The summed E-state index contributed by atoms with van der Waals surface area (Å²) < 4.78 is 7.89. The molecule has 5 heteroatoms. The third-order valence-electron chi connectivity index (χ3n) is 9.35. The lowest BCUT2D eigenvalue weighted by molar-refractivity contribution is -0.0918. The second-order valence-corrected chi connectivity index (χ2v) is 12.3. The molecular weight excluding hydrogens is 603 g/mol. The molecule has 2 heterocycles. The Balaban J connectivity index is 1.30. The van der Waals surface area contributed by atoms with Gasteiger partial charge in [0.1, 0.15) is 0 Å². The molecule has 0 saturated heterocycles. The van der Waals surface area contributed by atoms with Crippen LogP contribution >= 0.6 is 0 Å². The molecule has 7 aromatic carbocycles. The number of benzene rings is 7. The third kappa shape index (κ3) is 5.13. The second-order valence-electron chi connectivity index (χ2n) is 12.3. The fourth-order valence-corrected chi connectivity index (χ4v) is 7.11. The Morgan fingerprint density at radius 1 is 0.469 bits per heavy atom. The van der Waals surface area contributed by atoms with Crippen molar-refractivity contribution in [2.75, 3.05) is 9.80 Å². The average molecular weight is 636 g/mol. The predicted octanol–water partition coefficient (Wildman–Crippen LogP) is 11.2. The first-order valence-corrected chi connectivity index (χ1v) is 16.5. The number of ether oxygens (including phenoxy) is 1. The molecule has 0 radical (unpaired) electrons. The van der Waals surface area contributed by atoms with Crippen LogP contribution in [0.15, 0.2) is 176 Å². The monoisotopic (exact) mass is 635 g/mol. The van der Waals surface area contributed by atoms with Crippen LogP contribution in [0, 0.1) is 0 Å². The van der Waals surface area contributed by atoms with Crippen molar-refractivity contribution in [1.29, 1.82) is 0 Å². The molecule has 0 aliphatic carbocycles. The molecule has 1 aliphatic heterocycles. The number of aliphatic hydroxyl groups excluding tert-OH is 1. The van der Waals surface area contributed by atoms with Crippen molar-refractivity contribution < 1.29 is 9.84 Å². The number of anilines is 6. The molecule has 1 aliphatic rings. The van der Waals surface area contributed by atoms with Crippen LogP contribution in [0.5, 0.6) is 0 Å². The lowest BCUT2D eigenvalue weighted by Gasteiger charge is -2.26. The molecule has 1 aromatic heterocycles. The highest BCUT2D eigenvalue weighted by atomic mass is 16.6. The summed E-state index contributed by atoms with van der Waals surface area (Å²) in [7, 11) is 0. The SMILES string of the molecule is OC1OCc2cc(-n3c4ccc(N(c5ccccc5)c5ccccc5)cc4c4cc(N(c5ccccc5)c5ccccc5)ccc43)ccc21. The highest BCUT2D eigenvalue weighted by molar-refractivity contribution is 6.12. The number of nitrogens with zero attached hydrogens (tertiary/aromatic N) is 3. The lowest BCUT2D eigenvalue weighted by Crippen LogP contribution is -2.09. The van der Waals surface area contributed by atoms with Gasteiger partial charge in [-0.1, -0.05) is 78.9 Å². The molecule has 1 N–H and O–H groups in total. The molecular formula is C44H33N3O2. The summed E-state index contributed by atoms with van der Waals surface area (Å²) >= 11 is 0. The van der Waals surface area contributed by atoms with Gasteiger partial charge in [-0.2, -0.15) is 0 Å². The zero-order chi connectivity index (χ0) is 32.7. The van der Waals surface area contributed by atoms with Gasteiger partial charge in [0.25, 0.3) is 0 Å². The maximum Gasteiger partial charge on any atom is 0.181 e. The van der Waals surface area contributed by atoms with E-state index in [0.29, 0.717) is 6.61 Å². The largest absolute Gasteiger partial charge is 0.364 e. The highest BCUT2D eigenvalue weighted by Gasteiger charge is 2.23. The summed E-state index contributed by atoms with van der Waals surface area (Å²) in [6, 6.07) is 61.8. The van der Waals surface area contributed by atoms with Crippen molar-refractivity contribution >= 4 is 55.9 Å². The molecule has 1 atom stereocenters. The van der Waals surface area contributed by atoms with Crippen molar-refractivity contribution in [2.24, 2.45) is 0 Å². The van der Waals surface area contributed by atoms with Crippen LogP contribution in [0.3, 0.4) is 0 Å². The number of aliphatic hydroxyl groups is 1. The van der Waals surface area contributed by atoms with Crippen LogP contribution in [0.4, 0.5) is 34.1 Å². The quantitative estimate of drug-likeness (QED) is 0.189. The summed E-state index contributed by atoms with van der Waals surface area (Å²) in [5.41, 5.74) is 11.6. The maximum absolute atomic E-state index is 10.3. The molecule has 0 spiro atoms. The second kappa shape index (κ2) is 12.1. The van der Waals surface area contributed by atoms with E-state index < -0.39 is 6.29 Å². The Hall–Kier alpha value is -6.14. The summed E-state index contributed by atoms with van der Waals surface area (Å²) in [6.07, 6.45) is -0.878. The topological polar surface area (TPSA) is 40.9 Å². The van der Waals surface area contributed by atoms with Gasteiger partial charge in [0.05, 0.1) is 17.6 Å². The van der Waals surface area contributed by atoms with Gasteiger partial charge in [0.15, 0.2) is 6.29 Å². The first-order valence-electron chi connectivity index (χ1n) is 16.5. The van der Waals surface area contributed by atoms with Gasteiger partial charge in [0.2, 0.25) is 0 Å². The predicted molar refractivity (Wildman–Crippen MR) is 200 cm³/mol. The van der Waals surface area contributed by atoms with Crippen LogP contribution in [0.25, 0.3) is 27.5 Å². The summed E-state index contributed by atoms with van der Waals surface area (Å²) in [4.78, 5) is 4.61. The van der Waals surface area contributed by atoms with E-state index in [9.17, 15) is 5.11 Å². The Morgan fingerprint density at radius 2 is 0.898 bits per heavy atom. The van der Waals surface area contributed by atoms with Gasteiger partial charge in [-0.3, -0.25) is 0 Å². The smallest absolute Gasteiger partial charge is 0.181 e. The van der Waals surface area contributed by atoms with Crippen LogP contribution in [0.2, 0.25) is 0 Å². The number of rotatable bonds is 7. The molecule has 0 saturated carbocycles. The summed E-state index contributed by atoms with van der Waals surface area (Å²) in [5, 5.41) is 12.6. The Kier molecular flexibility index (Phi) is 7.20. The minimum absolute atomic E-state index is 0.391. The minimum Gasteiger partial charge on any atom is -0.364 e. The Bertz CT molecular complexity index is 2190. The third-order valence-corrected chi connectivity index (χ3v) is 9.35. The van der Waals surface area contributed by atoms with E-state index in [4.69, 9.17) is 4.74 Å². The molecule has 49 heavy (non-hydrogen) atoms. The van der Waals surface area contributed by atoms with Crippen LogP contribution in [-0.4, -0.2) is 9.67 Å². The van der Waals surface area contributed by atoms with Gasteiger partial charge in [-0.05, 0) is 103 Å². The van der Waals surface area contributed by atoms with Crippen molar-refractivity contribution in [3.63, 3.8) is 0 Å². The van der Waals surface area contributed by atoms with E-state index in [1.54, 1.807) is 0 Å². The van der Waals surface area contributed by atoms with E-state index in [2.05, 4.69) is 184 Å². The molecule has 0 fully saturated rings. The van der Waals surface area contributed by atoms with Crippen molar-refractivity contribution in [1.82, 2.24) is 4.57 Å². The van der Waals surface area contributed by atoms with Crippen LogP contribution < -0.4 is 9.80 Å². The van der Waals surface area contributed by atoms with Gasteiger partial charge in [-0.25, -0.2) is 0 Å². The average Bonchev–Trinajstić information content (AvgIpc) is 3.70. The molecule has 5 nitrogen and oxygen atoms in total. The van der Waals surface area contributed by atoms with E-state index in [1.165, 1.54) is 0 Å². The van der Waals surface area contributed by atoms with Crippen LogP contribution in [-0.2, 0) is 11.3 Å². The number of hydrogen-bond donors (Lipinski definition) is 1. The highest BCUT2D eigenvalue weighted by Crippen LogP contribution is 2.43. The van der Waals surface area contributed by atoms with E-state index in [1.807, 2.05) is 6.07 Å². The number of hydrogen-bond acceptors (Lipinski definition) is 4. The fourth-order valence-electron chi connectivity index (χ4n) is 7.11. The van der Waals surface area contributed by atoms with Crippen molar-refractivity contribution in [3.05, 3.63) is 187 Å². The summed E-state index contributed by atoms with van der Waals surface area (Å²) in [6.45, 7) is 0.391. The normalized spacial score (nSPS) is 13.9. The van der Waals surface area contributed by atoms with Gasteiger partial charge >= 0.3 is 0 Å². The Morgan fingerprint density at radius 3 is 1.33 bits per heavy atom. The molecule has 8 aromatic rings. The molecule has 0 bridgehead atoms. The van der Waals surface area contributed by atoms with Gasteiger partial charge in [-0.15, -0.1) is 0 Å². The van der Waals surface area contributed by atoms with Crippen LogP contribution in [0.1, 0.15) is 17.4 Å². The number of para-hydroxylation sites is 4. The van der Waals surface area contributed by atoms with E-state index in [0.717, 1.165) is 72.7 Å². The van der Waals surface area contributed by atoms with Crippen molar-refractivity contribution in [2.45, 2.75) is 12.9 Å². The lowest BCUT2D eigenvalue weighted by atomic mass is 10.1. The Labute approximate surface area is 285 Å². The maximum atomic E-state index is 10.3. The first kappa shape index (κ1) is 29.0. The molecule has 1 unspecified atom stereocenters. The zero-order valence-electron chi connectivity index (χ0n) is 26.7. The molecule has 0 amide bonds. The van der Waals surface area contributed by atoms with Gasteiger partial charge in [0, 0.05) is 56.1 Å². The van der Waals surface area contributed by atoms with E-state index >= 15 is 0 Å². The van der Waals surface area contributed by atoms with E-state index in [-0.39, 0.29) is 0 Å². The molecule has 236 valence electrons. The molecule has 9 rings (SSSR count). The van der Waals surface area contributed by atoms with Gasteiger partial charge < -0.3 is 24.2 Å². The zero-order valence-corrected chi connectivity index (χ0v) is 26.7. The fraction of sp³-hybridized carbons (Fsp3) is 0.0455. The number of aromatic nitrogens is 1. The first-order chi connectivity index (χ1) is 24.2. The van der Waals surface area contributed by atoms with Crippen molar-refractivity contribution in [3.8, 4) is 5.69 Å². The standard InChI is InChI=1S/C44H33N3O2/c48-44-39-24-21-36(27-31(39)30-49-44)47-42-25-22-37(45(32-13-5-1-6-14-32)33-15-7-2-8-16-33)28-40(42)41-29-38(23-26-43(41)47)46(34-17-9-3-10-18-34)35-19-11-4-12-20-35/h1-29,44,48H,30H2. The summed E-state index contributed by atoms with van der Waals surface area (Å²) in [5.74, 6) is 0.